The van der Waals surface area contributed by atoms with Crippen molar-refractivity contribution in [1.82, 2.24) is 0 Å². The Bertz CT molecular complexity index is 609. The second-order valence-electron chi connectivity index (χ2n) is 4.30. The molecule has 1 aliphatic carbocycles. The molecule has 0 radical (unpaired) electrons. The number of nitrogens with zero attached hydrogens (tertiary/aromatic N) is 1. The first-order valence-electron chi connectivity index (χ1n) is 6.51. The van der Waals surface area contributed by atoms with Crippen LogP contribution in [-0.4, -0.2) is 16.6 Å². The minimum absolute atomic E-state index is 0.00518. The number of rotatable bonds is 0. The number of ketones is 1. The van der Waals surface area contributed by atoms with Crippen molar-refractivity contribution in [3.63, 3.8) is 0 Å². The van der Waals surface area contributed by atoms with Crippen LogP contribution in [0.2, 0.25) is 0 Å². The van der Waals surface area contributed by atoms with Crippen LogP contribution in [0, 0.1) is 0 Å². The molecule has 3 rings (SSSR count). The number of hydrogen-bond acceptors (Lipinski definition) is 3. The Kier molecular flexibility index (Phi) is 3.65. The van der Waals surface area contributed by atoms with Crippen molar-refractivity contribution < 1.29 is 9.90 Å². The second kappa shape index (κ2) is 5.22. The highest BCUT2D eigenvalue weighted by Crippen LogP contribution is 2.40. The molecule has 1 aromatic rings. The highest BCUT2D eigenvalue weighted by molar-refractivity contribution is 6.21. The normalized spacial score (nSPS) is 19.5. The molecule has 0 amide bonds. The van der Waals surface area contributed by atoms with E-state index >= 15 is 0 Å². The number of carbonyl (C=O) groups is 1. The van der Waals surface area contributed by atoms with Crippen LogP contribution in [0.3, 0.4) is 0 Å². The topological polar surface area (TPSA) is 49.7 Å². The van der Waals surface area contributed by atoms with Crippen LogP contribution in [0.15, 0.2) is 47.0 Å². The van der Waals surface area contributed by atoms with E-state index in [1.165, 1.54) is 6.08 Å². The van der Waals surface area contributed by atoms with Crippen LogP contribution < -0.4 is 0 Å². The number of phenolic OH excluding ortho intramolecular Hbond substituents is 1. The molecule has 0 aromatic heterocycles. The van der Waals surface area contributed by atoms with Crippen molar-refractivity contribution in [2.24, 2.45) is 4.99 Å². The number of hydrogen-bond donors (Lipinski definition) is 1. The third-order valence-electron chi connectivity index (χ3n) is 3.18. The molecule has 0 fully saturated rings. The van der Waals surface area contributed by atoms with Crippen molar-refractivity contribution >= 4 is 17.2 Å². The minimum atomic E-state index is -0.00518. The highest BCUT2D eigenvalue weighted by atomic mass is 16.3. The molecule has 3 nitrogen and oxygen atoms in total. The van der Waals surface area contributed by atoms with Crippen molar-refractivity contribution in [1.29, 1.82) is 0 Å². The molecule has 2 aliphatic rings. The monoisotopic (exact) mass is 255 g/mol. The zero-order valence-electron chi connectivity index (χ0n) is 11.3. The lowest BCUT2D eigenvalue weighted by atomic mass is 9.83. The number of allylic oxidation sites excluding steroid dienone is 4. The van der Waals surface area contributed by atoms with Gasteiger partial charge in [-0.15, -0.1) is 0 Å². The second-order valence-corrected chi connectivity index (χ2v) is 4.30. The van der Waals surface area contributed by atoms with Crippen molar-refractivity contribution in [3.8, 4) is 5.75 Å². The van der Waals surface area contributed by atoms with Crippen LogP contribution in [0.5, 0.6) is 5.75 Å². The Morgan fingerprint density at radius 1 is 1.21 bits per heavy atom. The van der Waals surface area contributed by atoms with Gasteiger partial charge in [0, 0.05) is 5.92 Å². The van der Waals surface area contributed by atoms with Crippen molar-refractivity contribution in [2.45, 2.75) is 26.7 Å². The lowest BCUT2D eigenvalue weighted by molar-refractivity contribution is -0.110. The molecule has 0 spiro atoms. The molecular weight excluding hydrogens is 238 g/mol. The largest absolute Gasteiger partial charge is 0.508 e. The summed E-state index contributed by atoms with van der Waals surface area (Å²) < 4.78 is 0. The number of benzene rings is 1. The molecule has 1 N–H and O–H groups in total. The molecule has 1 aliphatic heterocycles. The van der Waals surface area contributed by atoms with Crippen LogP contribution in [0.25, 0.3) is 0 Å². The number of carbonyl (C=O) groups excluding carboxylic acids is 1. The van der Waals surface area contributed by atoms with E-state index in [2.05, 4.69) is 4.99 Å². The Balaban J connectivity index is 0.000000637. The summed E-state index contributed by atoms with van der Waals surface area (Å²) in [6.07, 6.45) is 4.90. The van der Waals surface area contributed by atoms with Crippen LogP contribution in [0.1, 0.15) is 32.3 Å². The predicted molar refractivity (Wildman–Crippen MR) is 77.2 cm³/mol. The fourth-order valence-corrected chi connectivity index (χ4v) is 2.27. The minimum Gasteiger partial charge on any atom is -0.508 e. The van der Waals surface area contributed by atoms with Gasteiger partial charge in [-0.1, -0.05) is 20.8 Å². The zero-order chi connectivity index (χ0) is 14.0. The Hall–Kier alpha value is -2.16. The van der Waals surface area contributed by atoms with Gasteiger partial charge in [-0.25, -0.2) is 4.99 Å². The van der Waals surface area contributed by atoms with Gasteiger partial charge < -0.3 is 5.11 Å². The summed E-state index contributed by atoms with van der Waals surface area (Å²) in [7, 11) is 0. The number of phenols is 1. The molecule has 0 saturated carbocycles. The zero-order valence-corrected chi connectivity index (χ0v) is 11.3. The van der Waals surface area contributed by atoms with E-state index in [1.807, 2.05) is 20.8 Å². The van der Waals surface area contributed by atoms with E-state index in [0.29, 0.717) is 0 Å². The van der Waals surface area contributed by atoms with Gasteiger partial charge in [-0.3, -0.25) is 4.79 Å². The average molecular weight is 255 g/mol. The van der Waals surface area contributed by atoms with Crippen LogP contribution in [-0.2, 0) is 4.79 Å². The summed E-state index contributed by atoms with van der Waals surface area (Å²) >= 11 is 0. The fraction of sp³-hybridized carbons (Fsp3) is 0.250. The van der Waals surface area contributed by atoms with Crippen LogP contribution >= 0.6 is 0 Å². The summed E-state index contributed by atoms with van der Waals surface area (Å²) in [6, 6.07) is 5.14. The van der Waals surface area contributed by atoms with Gasteiger partial charge in [0.1, 0.15) is 5.75 Å². The molecule has 0 bridgehead atoms. The molecule has 1 aromatic carbocycles. The maximum Gasteiger partial charge on any atom is 0.179 e. The van der Waals surface area contributed by atoms with Gasteiger partial charge in [0.15, 0.2) is 5.78 Å². The van der Waals surface area contributed by atoms with E-state index in [9.17, 15) is 9.90 Å². The van der Waals surface area contributed by atoms with Gasteiger partial charge in [-0.05, 0) is 47.6 Å². The molecule has 3 heteroatoms. The molecule has 0 saturated heterocycles. The third-order valence-corrected chi connectivity index (χ3v) is 3.18. The lowest BCUT2D eigenvalue weighted by Gasteiger charge is -2.25. The SMILES string of the molecule is CC.CC1C2=CC(=O)C=CC2=Nc2ccc(O)cc21. The van der Waals surface area contributed by atoms with E-state index in [1.54, 1.807) is 30.4 Å². The smallest absolute Gasteiger partial charge is 0.179 e. The van der Waals surface area contributed by atoms with E-state index in [0.717, 1.165) is 22.5 Å². The Labute approximate surface area is 113 Å². The van der Waals surface area contributed by atoms with E-state index in [-0.39, 0.29) is 17.5 Å². The molecule has 98 valence electrons. The standard InChI is InChI=1S/C14H11NO2.C2H6/c1-8-11-6-9(16)2-4-13(11)15-14-5-3-10(17)7-12(8)14;1-2/h2-8,16H,1H3;1-2H3. The lowest BCUT2D eigenvalue weighted by Crippen LogP contribution is -2.16. The molecule has 19 heavy (non-hydrogen) atoms. The molecule has 1 heterocycles. The average Bonchev–Trinajstić information content (AvgIpc) is 2.43. The maximum atomic E-state index is 11.4. The first-order valence-corrected chi connectivity index (χ1v) is 6.51. The molecule has 1 atom stereocenters. The Morgan fingerprint density at radius 2 is 1.95 bits per heavy atom. The van der Waals surface area contributed by atoms with Gasteiger partial charge in [0.05, 0.1) is 11.4 Å². The molecule has 1 unspecified atom stereocenters. The van der Waals surface area contributed by atoms with Gasteiger partial charge in [0.25, 0.3) is 0 Å². The van der Waals surface area contributed by atoms with Gasteiger partial charge in [-0.2, -0.15) is 0 Å². The molecular formula is C16H17NO2. The summed E-state index contributed by atoms with van der Waals surface area (Å²) in [5.74, 6) is 0.306. The van der Waals surface area contributed by atoms with Gasteiger partial charge in [0.2, 0.25) is 0 Å². The number of aliphatic imine (C=N–C) groups is 1. The number of aromatic hydroxyl groups is 1. The van der Waals surface area contributed by atoms with Crippen molar-refractivity contribution in [2.75, 3.05) is 0 Å². The summed E-state index contributed by atoms with van der Waals surface area (Å²) in [5.41, 5.74) is 3.59. The summed E-state index contributed by atoms with van der Waals surface area (Å²) in [6.45, 7) is 6.02. The quantitative estimate of drug-likeness (QED) is 0.719. The highest BCUT2D eigenvalue weighted by Gasteiger charge is 2.25. The van der Waals surface area contributed by atoms with E-state index < -0.39 is 0 Å². The first-order chi connectivity index (χ1) is 9.15. The fourth-order valence-electron chi connectivity index (χ4n) is 2.27. The third kappa shape index (κ3) is 2.36. The number of fused-ring (bicyclic) bond motifs is 2. The van der Waals surface area contributed by atoms with Crippen molar-refractivity contribution in [3.05, 3.63) is 47.6 Å². The Morgan fingerprint density at radius 3 is 2.68 bits per heavy atom. The summed E-state index contributed by atoms with van der Waals surface area (Å²) in [4.78, 5) is 15.9. The first kappa shape index (κ1) is 13.3. The summed E-state index contributed by atoms with van der Waals surface area (Å²) in [5, 5.41) is 9.51. The van der Waals surface area contributed by atoms with Gasteiger partial charge >= 0.3 is 0 Å². The van der Waals surface area contributed by atoms with E-state index in [4.69, 9.17) is 0 Å². The maximum absolute atomic E-state index is 11.4. The predicted octanol–water partition coefficient (Wildman–Crippen LogP) is 3.67. The van der Waals surface area contributed by atoms with Crippen LogP contribution in [0.4, 0.5) is 5.69 Å².